The second-order valence-corrected chi connectivity index (χ2v) is 5.21. The molecule has 0 saturated heterocycles. The molecule has 5 nitrogen and oxygen atoms in total. The van der Waals surface area contributed by atoms with Crippen LogP contribution in [0.1, 0.15) is 28.3 Å². The Bertz CT molecular complexity index is 695. The number of amides is 1. The van der Waals surface area contributed by atoms with Gasteiger partial charge >= 0.3 is 0 Å². The quantitative estimate of drug-likeness (QED) is 0.931. The molecule has 0 spiro atoms. The largest absolute Gasteiger partial charge is 0.350 e. The lowest BCUT2D eigenvalue weighted by Crippen LogP contribution is -2.27. The summed E-state index contributed by atoms with van der Waals surface area (Å²) in [5, 5.41) is 6.63. The summed E-state index contributed by atoms with van der Waals surface area (Å²) >= 11 is 0. The van der Waals surface area contributed by atoms with Crippen molar-refractivity contribution in [3.8, 4) is 0 Å². The first-order chi connectivity index (χ1) is 9.37. The zero-order valence-electron chi connectivity index (χ0n) is 11.2. The summed E-state index contributed by atoms with van der Waals surface area (Å²) in [6, 6.07) is 3.41. The monoisotopic (exact) mass is 280 g/mol. The van der Waals surface area contributed by atoms with Crippen molar-refractivity contribution in [3.63, 3.8) is 0 Å². The van der Waals surface area contributed by atoms with Crippen LogP contribution >= 0.6 is 0 Å². The Hall–Kier alpha value is -2.05. The van der Waals surface area contributed by atoms with Crippen molar-refractivity contribution in [1.82, 2.24) is 19.9 Å². The molecule has 0 bridgehead atoms. The van der Waals surface area contributed by atoms with E-state index in [2.05, 4.69) is 15.4 Å². The van der Waals surface area contributed by atoms with Gasteiger partial charge in [-0.3, -0.25) is 4.79 Å². The number of fused-ring (bicyclic) bond motifs is 1. The zero-order valence-corrected chi connectivity index (χ0v) is 11.2. The van der Waals surface area contributed by atoms with Crippen LogP contribution in [0, 0.1) is 19.8 Å². The lowest BCUT2D eigenvalue weighted by Gasteiger charge is -2.01. The van der Waals surface area contributed by atoms with Crippen molar-refractivity contribution in [2.75, 3.05) is 6.54 Å². The van der Waals surface area contributed by atoms with Crippen molar-refractivity contribution in [1.29, 1.82) is 0 Å². The Morgan fingerprint density at radius 1 is 1.50 bits per heavy atom. The summed E-state index contributed by atoms with van der Waals surface area (Å²) in [7, 11) is 0. The molecule has 2 aromatic rings. The van der Waals surface area contributed by atoms with Crippen LogP contribution < -0.4 is 5.32 Å². The van der Waals surface area contributed by atoms with E-state index >= 15 is 0 Å². The number of alkyl halides is 2. The van der Waals surface area contributed by atoms with Crippen molar-refractivity contribution in [3.05, 3.63) is 29.2 Å². The van der Waals surface area contributed by atoms with E-state index in [1.807, 2.05) is 19.9 Å². The second-order valence-electron chi connectivity index (χ2n) is 5.21. The molecule has 0 aromatic carbocycles. The third kappa shape index (κ3) is 2.23. The molecule has 0 radical (unpaired) electrons. The lowest BCUT2D eigenvalue weighted by atomic mass is 10.3. The highest BCUT2D eigenvalue weighted by molar-refractivity contribution is 5.93. The van der Waals surface area contributed by atoms with Gasteiger partial charge in [0.2, 0.25) is 0 Å². The molecule has 1 unspecified atom stereocenters. The molecule has 2 aromatic heterocycles. The molecule has 1 saturated carbocycles. The molecule has 1 aliphatic rings. The Morgan fingerprint density at radius 2 is 2.20 bits per heavy atom. The standard InChI is InChI=1S/C13H14F2N4O/c1-7-3-8(2)19-11(17-7)4-10(18-19)12(20)16-6-9-5-13(9,14)15/h3-4,9H,5-6H2,1-2H3,(H,16,20). The van der Waals surface area contributed by atoms with Crippen LogP contribution in [0.5, 0.6) is 0 Å². The van der Waals surface area contributed by atoms with Gasteiger partial charge in [0.1, 0.15) is 0 Å². The van der Waals surface area contributed by atoms with Crippen LogP contribution in [0.3, 0.4) is 0 Å². The van der Waals surface area contributed by atoms with Gasteiger partial charge in [-0.1, -0.05) is 0 Å². The van der Waals surface area contributed by atoms with Gasteiger partial charge in [0.05, 0.1) is 0 Å². The minimum Gasteiger partial charge on any atom is -0.350 e. The number of hydrogen-bond acceptors (Lipinski definition) is 3. The van der Waals surface area contributed by atoms with Crippen LogP contribution in [0.4, 0.5) is 8.78 Å². The third-order valence-electron chi connectivity index (χ3n) is 3.43. The van der Waals surface area contributed by atoms with E-state index in [1.54, 1.807) is 10.6 Å². The van der Waals surface area contributed by atoms with Gasteiger partial charge < -0.3 is 5.32 Å². The van der Waals surface area contributed by atoms with Gasteiger partial charge in [0.15, 0.2) is 11.3 Å². The highest BCUT2D eigenvalue weighted by Crippen LogP contribution is 2.47. The first kappa shape index (κ1) is 13.0. The normalized spacial score (nSPS) is 20.1. The fourth-order valence-corrected chi connectivity index (χ4v) is 2.20. The number of nitrogens with zero attached hydrogens (tertiary/aromatic N) is 3. The van der Waals surface area contributed by atoms with E-state index in [4.69, 9.17) is 0 Å². The van der Waals surface area contributed by atoms with E-state index < -0.39 is 17.7 Å². The van der Waals surface area contributed by atoms with Gasteiger partial charge in [-0.15, -0.1) is 0 Å². The summed E-state index contributed by atoms with van der Waals surface area (Å²) in [6.45, 7) is 3.70. The van der Waals surface area contributed by atoms with E-state index in [0.29, 0.717) is 5.65 Å². The molecule has 7 heteroatoms. The predicted molar refractivity (Wildman–Crippen MR) is 67.8 cm³/mol. The van der Waals surface area contributed by atoms with Crippen LogP contribution in [0.2, 0.25) is 0 Å². The molecular formula is C13H14F2N4O. The van der Waals surface area contributed by atoms with E-state index in [0.717, 1.165) is 11.4 Å². The predicted octanol–water partition coefficient (Wildman–Crippen LogP) is 1.73. The van der Waals surface area contributed by atoms with Crippen molar-refractivity contribution in [2.45, 2.75) is 26.2 Å². The van der Waals surface area contributed by atoms with Crippen molar-refractivity contribution >= 4 is 11.6 Å². The summed E-state index contributed by atoms with van der Waals surface area (Å²) in [6.07, 6.45) is -0.154. The summed E-state index contributed by atoms with van der Waals surface area (Å²) in [5.74, 6) is -3.82. The van der Waals surface area contributed by atoms with Crippen molar-refractivity contribution in [2.24, 2.45) is 5.92 Å². The van der Waals surface area contributed by atoms with E-state index in [-0.39, 0.29) is 18.7 Å². The summed E-state index contributed by atoms with van der Waals surface area (Å²) in [5.41, 5.74) is 2.46. The zero-order chi connectivity index (χ0) is 14.5. The van der Waals surface area contributed by atoms with Gasteiger partial charge in [-0.05, 0) is 19.9 Å². The molecule has 1 amide bonds. The number of halogens is 2. The molecule has 3 rings (SSSR count). The maximum absolute atomic E-state index is 12.7. The average Bonchev–Trinajstić information content (AvgIpc) is 2.79. The Morgan fingerprint density at radius 3 is 2.85 bits per heavy atom. The van der Waals surface area contributed by atoms with Gasteiger partial charge in [-0.2, -0.15) is 5.10 Å². The lowest BCUT2D eigenvalue weighted by molar-refractivity contribution is 0.0891. The Labute approximate surface area is 114 Å². The molecule has 1 N–H and O–H groups in total. The summed E-state index contributed by atoms with van der Waals surface area (Å²) < 4.78 is 27.0. The van der Waals surface area contributed by atoms with Gasteiger partial charge in [-0.25, -0.2) is 18.3 Å². The molecule has 106 valence electrons. The fraction of sp³-hybridized carbons (Fsp3) is 0.462. The number of carbonyl (C=O) groups excluding carboxylic acids is 1. The minimum atomic E-state index is -2.62. The van der Waals surface area contributed by atoms with Crippen LogP contribution in [-0.2, 0) is 0 Å². The molecular weight excluding hydrogens is 266 g/mol. The average molecular weight is 280 g/mol. The highest BCUT2D eigenvalue weighted by atomic mass is 19.3. The minimum absolute atomic E-state index is 0.0227. The van der Waals surface area contributed by atoms with Crippen molar-refractivity contribution < 1.29 is 13.6 Å². The maximum Gasteiger partial charge on any atom is 0.271 e. The third-order valence-corrected chi connectivity index (χ3v) is 3.43. The molecule has 1 atom stereocenters. The summed E-state index contributed by atoms with van der Waals surface area (Å²) in [4.78, 5) is 16.2. The van der Waals surface area contributed by atoms with Gasteiger partial charge in [0.25, 0.3) is 11.8 Å². The molecule has 1 fully saturated rings. The number of rotatable bonds is 3. The number of nitrogens with one attached hydrogen (secondary N) is 1. The van der Waals surface area contributed by atoms with Crippen LogP contribution in [0.15, 0.2) is 12.1 Å². The van der Waals surface area contributed by atoms with Gasteiger partial charge in [0, 0.05) is 36.3 Å². The SMILES string of the molecule is Cc1cc(C)n2nc(C(=O)NCC3CC3(F)F)cc2n1. The Balaban J connectivity index is 1.76. The first-order valence-corrected chi connectivity index (χ1v) is 6.37. The molecule has 1 aliphatic carbocycles. The highest BCUT2D eigenvalue weighted by Gasteiger charge is 2.56. The number of hydrogen-bond donors (Lipinski definition) is 1. The number of carbonyl (C=O) groups is 1. The first-order valence-electron chi connectivity index (χ1n) is 6.37. The fourth-order valence-electron chi connectivity index (χ4n) is 2.20. The maximum atomic E-state index is 12.7. The molecule has 2 heterocycles. The smallest absolute Gasteiger partial charge is 0.271 e. The molecule has 20 heavy (non-hydrogen) atoms. The Kier molecular flexibility index (Phi) is 2.74. The van der Waals surface area contributed by atoms with Crippen LogP contribution in [0.25, 0.3) is 5.65 Å². The van der Waals surface area contributed by atoms with Crippen LogP contribution in [-0.4, -0.2) is 33.0 Å². The number of aryl methyl sites for hydroxylation is 2. The number of aromatic nitrogens is 3. The van der Waals surface area contributed by atoms with E-state index in [9.17, 15) is 13.6 Å². The second kappa shape index (κ2) is 4.22. The topological polar surface area (TPSA) is 59.3 Å². The molecule has 0 aliphatic heterocycles. The van der Waals surface area contributed by atoms with E-state index in [1.165, 1.54) is 0 Å².